The Morgan fingerprint density at radius 2 is 2.07 bits per heavy atom. The van der Waals surface area contributed by atoms with Crippen LogP contribution < -0.4 is 0 Å². The first-order valence-electron chi connectivity index (χ1n) is 4.93. The van der Waals surface area contributed by atoms with Gasteiger partial charge < -0.3 is 0 Å². The fourth-order valence-corrected chi connectivity index (χ4v) is 2.66. The standard InChI is InChI=1S/C9H15N3O2S/c1-4-12-9-6-11(15(3,13)14)5-8(9)7(2)10-12/h4-6H2,1-3H3. The molecule has 15 heavy (non-hydrogen) atoms. The summed E-state index contributed by atoms with van der Waals surface area (Å²) in [5.41, 5.74) is 3.06. The molecule has 1 aromatic heterocycles. The first-order valence-corrected chi connectivity index (χ1v) is 6.78. The van der Waals surface area contributed by atoms with E-state index in [0.717, 1.165) is 23.5 Å². The third-order valence-corrected chi connectivity index (χ3v) is 3.99. The first kappa shape index (κ1) is 10.6. The van der Waals surface area contributed by atoms with Crippen molar-refractivity contribution in [2.75, 3.05) is 6.26 Å². The quantitative estimate of drug-likeness (QED) is 0.741. The van der Waals surface area contributed by atoms with E-state index in [0.29, 0.717) is 13.1 Å². The van der Waals surface area contributed by atoms with Gasteiger partial charge in [0, 0.05) is 18.7 Å². The molecule has 0 N–H and O–H groups in total. The van der Waals surface area contributed by atoms with Crippen LogP contribution in [-0.4, -0.2) is 28.8 Å². The molecule has 0 atom stereocenters. The summed E-state index contributed by atoms with van der Waals surface area (Å²) in [6.07, 6.45) is 1.25. The van der Waals surface area contributed by atoms with Gasteiger partial charge in [0.1, 0.15) is 0 Å². The van der Waals surface area contributed by atoms with E-state index in [4.69, 9.17) is 0 Å². The number of aryl methyl sites for hydroxylation is 2. The molecule has 0 saturated heterocycles. The van der Waals surface area contributed by atoms with Crippen molar-refractivity contribution in [3.05, 3.63) is 17.0 Å². The van der Waals surface area contributed by atoms with Crippen molar-refractivity contribution in [3.8, 4) is 0 Å². The Labute approximate surface area is 89.7 Å². The fourth-order valence-electron chi connectivity index (χ4n) is 1.94. The Bertz CT molecular complexity index is 490. The highest BCUT2D eigenvalue weighted by atomic mass is 32.2. The number of nitrogens with zero attached hydrogens (tertiary/aromatic N) is 3. The van der Waals surface area contributed by atoms with Gasteiger partial charge in [-0.1, -0.05) is 0 Å². The largest absolute Gasteiger partial charge is 0.268 e. The second kappa shape index (κ2) is 3.31. The summed E-state index contributed by atoms with van der Waals surface area (Å²) < 4.78 is 26.2. The van der Waals surface area contributed by atoms with Crippen LogP contribution in [0.1, 0.15) is 23.9 Å². The van der Waals surface area contributed by atoms with Gasteiger partial charge in [-0.05, 0) is 13.8 Å². The lowest BCUT2D eigenvalue weighted by Gasteiger charge is -2.12. The summed E-state index contributed by atoms with van der Waals surface area (Å²) in [5.74, 6) is 0. The topological polar surface area (TPSA) is 55.2 Å². The van der Waals surface area contributed by atoms with Gasteiger partial charge in [-0.25, -0.2) is 8.42 Å². The van der Waals surface area contributed by atoms with E-state index in [1.807, 2.05) is 18.5 Å². The molecule has 1 aromatic rings. The van der Waals surface area contributed by atoms with Crippen LogP contribution in [0.5, 0.6) is 0 Å². The van der Waals surface area contributed by atoms with Gasteiger partial charge in [-0.3, -0.25) is 4.68 Å². The monoisotopic (exact) mass is 229 g/mol. The molecule has 0 bridgehead atoms. The second-order valence-corrected chi connectivity index (χ2v) is 5.84. The molecule has 2 heterocycles. The van der Waals surface area contributed by atoms with E-state index in [1.165, 1.54) is 10.6 Å². The average molecular weight is 229 g/mol. The Morgan fingerprint density at radius 3 is 2.60 bits per heavy atom. The first-order chi connectivity index (χ1) is 6.93. The fraction of sp³-hybridized carbons (Fsp3) is 0.667. The average Bonchev–Trinajstić information content (AvgIpc) is 2.65. The molecule has 0 unspecified atom stereocenters. The van der Waals surface area contributed by atoms with Crippen molar-refractivity contribution in [1.82, 2.24) is 14.1 Å². The Balaban J connectivity index is 2.39. The number of fused-ring (bicyclic) bond motifs is 1. The highest BCUT2D eigenvalue weighted by molar-refractivity contribution is 7.88. The maximum atomic E-state index is 11.4. The summed E-state index contributed by atoms with van der Waals surface area (Å²) in [5, 5.41) is 4.36. The SMILES string of the molecule is CCn1nc(C)c2c1CN(S(C)(=O)=O)C2. The van der Waals surface area contributed by atoms with Gasteiger partial charge in [0.05, 0.1) is 24.2 Å². The molecule has 1 aliphatic rings. The Hall–Kier alpha value is -0.880. The van der Waals surface area contributed by atoms with Crippen LogP contribution in [0.25, 0.3) is 0 Å². The summed E-state index contributed by atoms with van der Waals surface area (Å²) in [6.45, 7) is 5.66. The number of sulfonamides is 1. The number of hydrogen-bond donors (Lipinski definition) is 0. The molecule has 5 nitrogen and oxygen atoms in total. The van der Waals surface area contributed by atoms with Crippen molar-refractivity contribution >= 4 is 10.0 Å². The summed E-state index contributed by atoms with van der Waals surface area (Å²) >= 11 is 0. The minimum atomic E-state index is -3.09. The molecule has 0 aliphatic carbocycles. The molecule has 1 aliphatic heterocycles. The lowest BCUT2D eigenvalue weighted by atomic mass is 10.2. The van der Waals surface area contributed by atoms with E-state index in [9.17, 15) is 8.42 Å². The van der Waals surface area contributed by atoms with Gasteiger partial charge in [-0.15, -0.1) is 0 Å². The molecular formula is C9H15N3O2S. The van der Waals surface area contributed by atoms with Crippen LogP contribution in [0.4, 0.5) is 0 Å². The van der Waals surface area contributed by atoms with Gasteiger partial charge in [0.25, 0.3) is 0 Å². The van der Waals surface area contributed by atoms with Gasteiger partial charge >= 0.3 is 0 Å². The van der Waals surface area contributed by atoms with Crippen molar-refractivity contribution in [3.63, 3.8) is 0 Å². The van der Waals surface area contributed by atoms with Gasteiger partial charge in [-0.2, -0.15) is 9.40 Å². The molecule has 0 radical (unpaired) electrons. The summed E-state index contributed by atoms with van der Waals surface area (Å²) in [6, 6.07) is 0. The third kappa shape index (κ3) is 1.68. The van der Waals surface area contributed by atoms with Gasteiger partial charge in [0.2, 0.25) is 10.0 Å². The minimum absolute atomic E-state index is 0.461. The zero-order valence-corrected chi connectivity index (χ0v) is 10.0. The molecule has 84 valence electrons. The number of rotatable bonds is 2. The zero-order valence-electron chi connectivity index (χ0n) is 9.19. The predicted molar refractivity (Wildman–Crippen MR) is 56.7 cm³/mol. The maximum Gasteiger partial charge on any atom is 0.211 e. The van der Waals surface area contributed by atoms with Crippen LogP contribution in [0.2, 0.25) is 0 Å². The molecule has 0 saturated carbocycles. The maximum absolute atomic E-state index is 11.4. The van der Waals surface area contributed by atoms with E-state index < -0.39 is 10.0 Å². The lowest BCUT2D eigenvalue weighted by molar-refractivity contribution is 0.421. The second-order valence-electron chi connectivity index (χ2n) is 3.86. The molecule has 2 rings (SSSR count). The van der Waals surface area contributed by atoms with E-state index >= 15 is 0 Å². The van der Waals surface area contributed by atoms with Crippen LogP contribution >= 0.6 is 0 Å². The Kier molecular flexibility index (Phi) is 2.35. The summed E-state index contributed by atoms with van der Waals surface area (Å²) in [7, 11) is -3.09. The van der Waals surface area contributed by atoms with Crippen LogP contribution in [0, 0.1) is 6.92 Å². The van der Waals surface area contributed by atoms with E-state index in [2.05, 4.69) is 5.10 Å². The van der Waals surface area contributed by atoms with Crippen molar-refractivity contribution in [1.29, 1.82) is 0 Å². The molecule has 0 amide bonds. The summed E-state index contributed by atoms with van der Waals surface area (Å²) in [4.78, 5) is 0. The zero-order chi connectivity index (χ0) is 11.2. The van der Waals surface area contributed by atoms with E-state index in [-0.39, 0.29) is 0 Å². The molecule has 6 heteroatoms. The van der Waals surface area contributed by atoms with Crippen LogP contribution in [-0.2, 0) is 29.7 Å². The van der Waals surface area contributed by atoms with Gasteiger partial charge in [0.15, 0.2) is 0 Å². The predicted octanol–water partition coefficient (Wildman–Crippen LogP) is 0.487. The third-order valence-electron chi connectivity index (χ3n) is 2.80. The molecule has 0 spiro atoms. The molecule has 0 aromatic carbocycles. The molecule has 0 fully saturated rings. The van der Waals surface area contributed by atoms with Crippen molar-refractivity contribution < 1.29 is 8.42 Å². The number of aromatic nitrogens is 2. The minimum Gasteiger partial charge on any atom is -0.268 e. The highest BCUT2D eigenvalue weighted by Gasteiger charge is 2.30. The lowest BCUT2D eigenvalue weighted by Crippen LogP contribution is -2.25. The van der Waals surface area contributed by atoms with Crippen molar-refractivity contribution in [2.45, 2.75) is 33.5 Å². The highest BCUT2D eigenvalue weighted by Crippen LogP contribution is 2.27. The Morgan fingerprint density at radius 1 is 1.40 bits per heavy atom. The van der Waals surface area contributed by atoms with E-state index in [1.54, 1.807) is 0 Å². The smallest absolute Gasteiger partial charge is 0.211 e. The number of hydrogen-bond acceptors (Lipinski definition) is 3. The molecular weight excluding hydrogens is 214 g/mol. The van der Waals surface area contributed by atoms with Crippen molar-refractivity contribution in [2.24, 2.45) is 0 Å². The van der Waals surface area contributed by atoms with Crippen LogP contribution in [0.15, 0.2) is 0 Å². The van der Waals surface area contributed by atoms with Crippen LogP contribution in [0.3, 0.4) is 0 Å². The normalized spacial score (nSPS) is 17.0.